The third kappa shape index (κ3) is 4.90. The highest BCUT2D eigenvalue weighted by atomic mass is 32.1. The first kappa shape index (κ1) is 16.1. The predicted octanol–water partition coefficient (Wildman–Crippen LogP) is 4.25. The Morgan fingerprint density at radius 1 is 1.24 bits per heavy atom. The summed E-state index contributed by atoms with van der Waals surface area (Å²) in [7, 11) is 0. The quantitative estimate of drug-likeness (QED) is 0.734. The molecule has 2 unspecified atom stereocenters. The van der Waals surface area contributed by atoms with Crippen molar-refractivity contribution in [2.45, 2.75) is 37.5 Å². The summed E-state index contributed by atoms with van der Waals surface area (Å²) in [6.07, 6.45) is 2.65. The largest absolute Gasteiger partial charge is 0.348 e. The summed E-state index contributed by atoms with van der Waals surface area (Å²) in [5.41, 5.74) is 1.14. The van der Waals surface area contributed by atoms with Crippen LogP contribution in [0.5, 0.6) is 0 Å². The average Bonchev–Trinajstić information content (AvgIpc) is 3.02. The molecule has 0 aliphatic carbocycles. The van der Waals surface area contributed by atoms with Gasteiger partial charge in [0.05, 0.1) is 11.3 Å². The fourth-order valence-corrected chi connectivity index (χ4v) is 3.36. The molecule has 2 rings (SSSR count). The van der Waals surface area contributed by atoms with Crippen LogP contribution in [0, 0.1) is 0 Å². The van der Waals surface area contributed by atoms with Gasteiger partial charge in [0.2, 0.25) is 5.91 Å². The fraction of sp³-hybridized carbons (Fsp3) is 0.353. The summed E-state index contributed by atoms with van der Waals surface area (Å²) in [5.74, 6) is 0.00837. The Kier molecular flexibility index (Phi) is 6.33. The Morgan fingerprint density at radius 3 is 2.62 bits per heavy atom. The maximum absolute atomic E-state index is 12.3. The van der Waals surface area contributed by atoms with Crippen molar-refractivity contribution in [2.75, 3.05) is 0 Å². The van der Waals surface area contributed by atoms with Crippen molar-refractivity contribution in [3.05, 3.63) is 58.3 Å². The van der Waals surface area contributed by atoms with E-state index in [2.05, 4.69) is 30.9 Å². The molecule has 0 aliphatic rings. The second-order valence-corrected chi connectivity index (χ2v) is 6.67. The SMILES string of the molecule is CCCC(NC(=O)C(S)Cc1ccccc1)c1cccs1. The van der Waals surface area contributed by atoms with Crippen molar-refractivity contribution in [1.82, 2.24) is 5.32 Å². The Bertz CT molecular complexity index is 539. The number of thiophene rings is 1. The monoisotopic (exact) mass is 319 g/mol. The highest BCUT2D eigenvalue weighted by Gasteiger charge is 2.20. The van der Waals surface area contributed by atoms with Gasteiger partial charge in [-0.1, -0.05) is 49.7 Å². The van der Waals surface area contributed by atoms with E-state index in [0.717, 1.165) is 18.4 Å². The minimum atomic E-state index is -0.313. The van der Waals surface area contributed by atoms with Crippen molar-refractivity contribution >= 4 is 29.9 Å². The smallest absolute Gasteiger partial charge is 0.233 e. The van der Waals surface area contributed by atoms with Crippen molar-refractivity contribution < 1.29 is 4.79 Å². The molecule has 2 atom stereocenters. The number of amides is 1. The van der Waals surface area contributed by atoms with Gasteiger partial charge >= 0.3 is 0 Å². The molecule has 1 amide bonds. The predicted molar refractivity (Wildman–Crippen MR) is 93.0 cm³/mol. The van der Waals surface area contributed by atoms with Crippen LogP contribution in [0.15, 0.2) is 47.8 Å². The van der Waals surface area contributed by atoms with Gasteiger partial charge in [-0.25, -0.2) is 0 Å². The van der Waals surface area contributed by atoms with E-state index in [1.165, 1.54) is 4.88 Å². The van der Waals surface area contributed by atoms with Gasteiger partial charge in [0.25, 0.3) is 0 Å². The number of carbonyl (C=O) groups is 1. The van der Waals surface area contributed by atoms with Crippen LogP contribution in [0.3, 0.4) is 0 Å². The van der Waals surface area contributed by atoms with Crippen molar-refractivity contribution in [1.29, 1.82) is 0 Å². The summed E-state index contributed by atoms with van der Waals surface area (Å²) in [5, 5.41) is 4.87. The van der Waals surface area contributed by atoms with E-state index in [-0.39, 0.29) is 17.2 Å². The van der Waals surface area contributed by atoms with E-state index < -0.39 is 0 Å². The maximum Gasteiger partial charge on any atom is 0.233 e. The Morgan fingerprint density at radius 2 is 2.00 bits per heavy atom. The van der Waals surface area contributed by atoms with E-state index in [1.807, 2.05) is 41.8 Å². The summed E-state index contributed by atoms with van der Waals surface area (Å²) in [6.45, 7) is 2.13. The van der Waals surface area contributed by atoms with Gasteiger partial charge in [-0.15, -0.1) is 11.3 Å². The molecule has 1 N–H and O–H groups in total. The Labute approximate surface area is 136 Å². The molecule has 2 nitrogen and oxygen atoms in total. The molecule has 0 saturated heterocycles. The molecule has 0 spiro atoms. The summed E-state index contributed by atoms with van der Waals surface area (Å²) in [6, 6.07) is 14.2. The van der Waals surface area contributed by atoms with Crippen LogP contribution in [0.4, 0.5) is 0 Å². The van der Waals surface area contributed by atoms with E-state index >= 15 is 0 Å². The molecule has 4 heteroatoms. The van der Waals surface area contributed by atoms with Gasteiger partial charge in [0, 0.05) is 4.88 Å². The first-order chi connectivity index (χ1) is 10.2. The lowest BCUT2D eigenvalue weighted by atomic mass is 10.1. The van der Waals surface area contributed by atoms with Crippen LogP contribution >= 0.6 is 24.0 Å². The van der Waals surface area contributed by atoms with E-state index in [9.17, 15) is 4.79 Å². The number of rotatable bonds is 7. The number of thiol groups is 1. The molecule has 1 aromatic carbocycles. The minimum absolute atomic E-state index is 0.00837. The second kappa shape index (κ2) is 8.25. The number of nitrogens with one attached hydrogen (secondary N) is 1. The lowest BCUT2D eigenvalue weighted by Gasteiger charge is -2.19. The molecule has 21 heavy (non-hydrogen) atoms. The highest BCUT2D eigenvalue weighted by Crippen LogP contribution is 2.23. The molecule has 0 fully saturated rings. The maximum atomic E-state index is 12.3. The molecule has 0 bridgehead atoms. The third-order valence-corrected chi connectivity index (χ3v) is 4.76. The average molecular weight is 319 g/mol. The third-order valence-electron chi connectivity index (χ3n) is 3.35. The molecule has 0 saturated carbocycles. The van der Waals surface area contributed by atoms with Gasteiger partial charge < -0.3 is 5.32 Å². The zero-order valence-corrected chi connectivity index (χ0v) is 13.9. The molecule has 0 radical (unpaired) electrons. The molecule has 1 heterocycles. The fourth-order valence-electron chi connectivity index (χ4n) is 2.26. The highest BCUT2D eigenvalue weighted by molar-refractivity contribution is 7.81. The van der Waals surface area contributed by atoms with Gasteiger partial charge in [0.15, 0.2) is 0 Å². The van der Waals surface area contributed by atoms with Crippen LogP contribution in [-0.4, -0.2) is 11.2 Å². The minimum Gasteiger partial charge on any atom is -0.348 e. The zero-order valence-electron chi connectivity index (χ0n) is 12.2. The van der Waals surface area contributed by atoms with E-state index in [4.69, 9.17) is 0 Å². The lowest BCUT2D eigenvalue weighted by Crippen LogP contribution is -2.35. The molecule has 1 aromatic heterocycles. The van der Waals surface area contributed by atoms with Gasteiger partial charge in [-0.3, -0.25) is 4.79 Å². The van der Waals surface area contributed by atoms with E-state index in [0.29, 0.717) is 6.42 Å². The van der Waals surface area contributed by atoms with Crippen molar-refractivity contribution in [3.63, 3.8) is 0 Å². The second-order valence-electron chi connectivity index (χ2n) is 5.07. The summed E-state index contributed by atoms with van der Waals surface area (Å²) < 4.78 is 0. The number of hydrogen-bond donors (Lipinski definition) is 2. The van der Waals surface area contributed by atoms with Crippen LogP contribution in [0.1, 0.15) is 36.2 Å². The standard InChI is InChI=1S/C17H21NOS2/c1-2-7-14(16-10-6-11-21-16)18-17(19)15(20)12-13-8-4-3-5-9-13/h3-6,8-11,14-15,20H,2,7,12H2,1H3,(H,18,19). The number of carbonyl (C=O) groups excluding carboxylic acids is 1. The Balaban J connectivity index is 1.95. The van der Waals surface area contributed by atoms with Crippen molar-refractivity contribution in [2.24, 2.45) is 0 Å². The molecule has 2 aromatic rings. The van der Waals surface area contributed by atoms with Gasteiger partial charge in [-0.05, 0) is 29.9 Å². The number of hydrogen-bond acceptors (Lipinski definition) is 3. The van der Waals surface area contributed by atoms with Gasteiger partial charge in [-0.2, -0.15) is 12.6 Å². The first-order valence-electron chi connectivity index (χ1n) is 7.26. The normalized spacial score (nSPS) is 13.6. The van der Waals surface area contributed by atoms with Crippen LogP contribution in [0.2, 0.25) is 0 Å². The molecular weight excluding hydrogens is 298 g/mol. The van der Waals surface area contributed by atoms with Crippen LogP contribution < -0.4 is 5.32 Å². The van der Waals surface area contributed by atoms with E-state index in [1.54, 1.807) is 11.3 Å². The lowest BCUT2D eigenvalue weighted by molar-refractivity contribution is -0.121. The topological polar surface area (TPSA) is 29.1 Å². The van der Waals surface area contributed by atoms with Crippen LogP contribution in [0.25, 0.3) is 0 Å². The molecule has 0 aliphatic heterocycles. The first-order valence-corrected chi connectivity index (χ1v) is 8.66. The summed E-state index contributed by atoms with van der Waals surface area (Å²) in [4.78, 5) is 13.6. The van der Waals surface area contributed by atoms with Gasteiger partial charge in [0.1, 0.15) is 0 Å². The Hall–Kier alpha value is -1.26. The molecule has 112 valence electrons. The zero-order chi connectivity index (χ0) is 15.1. The summed E-state index contributed by atoms with van der Waals surface area (Å²) >= 11 is 6.16. The molecular formula is C17H21NOS2. The van der Waals surface area contributed by atoms with Crippen LogP contribution in [-0.2, 0) is 11.2 Å². The number of benzene rings is 1. The van der Waals surface area contributed by atoms with Crippen molar-refractivity contribution in [3.8, 4) is 0 Å².